The summed E-state index contributed by atoms with van der Waals surface area (Å²) in [4.78, 5) is 16.1. The number of nitrogens with one attached hydrogen (secondary N) is 1. The van der Waals surface area contributed by atoms with Gasteiger partial charge in [-0.15, -0.1) is 0 Å². The third-order valence-electron chi connectivity index (χ3n) is 3.66. The number of aromatic nitrogens is 3. The van der Waals surface area contributed by atoms with Crippen molar-refractivity contribution in [1.29, 1.82) is 0 Å². The number of anilines is 1. The Morgan fingerprint density at radius 3 is 2.95 bits per heavy atom. The van der Waals surface area contributed by atoms with Gasteiger partial charge in [-0.05, 0) is 30.5 Å². The van der Waals surface area contributed by atoms with Gasteiger partial charge in [0.15, 0.2) is 0 Å². The topological polar surface area (TPSA) is 95.1 Å². The summed E-state index contributed by atoms with van der Waals surface area (Å²) in [5.41, 5.74) is 7.31. The first-order chi connectivity index (χ1) is 10.7. The van der Waals surface area contributed by atoms with Crippen LogP contribution in [-0.2, 0) is 16.1 Å². The highest BCUT2D eigenvalue weighted by Crippen LogP contribution is 2.20. The van der Waals surface area contributed by atoms with Crippen molar-refractivity contribution < 1.29 is 9.53 Å². The van der Waals surface area contributed by atoms with Crippen molar-refractivity contribution in [3.8, 4) is 0 Å². The molecular weight excluding hydrogens is 282 g/mol. The number of ether oxygens (including phenoxy) is 1. The van der Waals surface area contributed by atoms with Crippen LogP contribution >= 0.6 is 0 Å². The van der Waals surface area contributed by atoms with E-state index in [1.807, 2.05) is 12.1 Å². The van der Waals surface area contributed by atoms with Gasteiger partial charge in [-0.2, -0.15) is 5.10 Å². The third-order valence-corrected chi connectivity index (χ3v) is 3.66. The lowest BCUT2D eigenvalue weighted by atomic mass is 10.2. The molecule has 3 rings (SSSR count). The van der Waals surface area contributed by atoms with Gasteiger partial charge in [0.1, 0.15) is 6.10 Å². The molecule has 22 heavy (non-hydrogen) atoms. The second-order valence-corrected chi connectivity index (χ2v) is 5.33. The Kier molecular flexibility index (Phi) is 4.45. The maximum atomic E-state index is 12.1. The monoisotopic (exact) mass is 301 g/mol. The smallest absolute Gasteiger partial charge is 0.253 e. The molecule has 2 atom stereocenters. The molecule has 0 bridgehead atoms. The minimum atomic E-state index is -0.419. The van der Waals surface area contributed by atoms with Crippen LogP contribution in [0.5, 0.6) is 0 Å². The first-order valence-corrected chi connectivity index (χ1v) is 7.32. The molecule has 3 heterocycles. The summed E-state index contributed by atoms with van der Waals surface area (Å²) in [6, 6.07) is 3.86. The SMILES string of the molecule is NC[C@H]1CC[C@@H](C(=O)Nc2cnn(Cc3ccncc3)c2)O1. The molecule has 3 N–H and O–H groups in total. The average molecular weight is 301 g/mol. The van der Waals surface area contributed by atoms with E-state index in [0.717, 1.165) is 12.0 Å². The molecule has 7 heteroatoms. The number of pyridine rings is 1. The van der Waals surface area contributed by atoms with E-state index in [4.69, 9.17) is 10.5 Å². The van der Waals surface area contributed by atoms with E-state index in [1.165, 1.54) is 0 Å². The van der Waals surface area contributed by atoms with E-state index >= 15 is 0 Å². The van der Waals surface area contributed by atoms with Crippen molar-refractivity contribution >= 4 is 11.6 Å². The zero-order valence-corrected chi connectivity index (χ0v) is 12.2. The highest BCUT2D eigenvalue weighted by Gasteiger charge is 2.29. The fourth-order valence-electron chi connectivity index (χ4n) is 2.48. The van der Waals surface area contributed by atoms with Gasteiger partial charge in [0.25, 0.3) is 5.91 Å². The number of rotatable bonds is 5. The number of amides is 1. The van der Waals surface area contributed by atoms with Crippen molar-refractivity contribution in [3.05, 3.63) is 42.5 Å². The number of hydrogen-bond donors (Lipinski definition) is 2. The van der Waals surface area contributed by atoms with Gasteiger partial charge in [-0.3, -0.25) is 14.5 Å². The lowest BCUT2D eigenvalue weighted by molar-refractivity contribution is -0.126. The van der Waals surface area contributed by atoms with E-state index in [1.54, 1.807) is 29.5 Å². The van der Waals surface area contributed by atoms with Gasteiger partial charge in [-0.25, -0.2) is 0 Å². The van der Waals surface area contributed by atoms with Gasteiger partial charge in [0, 0.05) is 25.1 Å². The number of hydrogen-bond acceptors (Lipinski definition) is 5. The van der Waals surface area contributed by atoms with Crippen molar-refractivity contribution in [1.82, 2.24) is 14.8 Å². The molecule has 0 radical (unpaired) electrons. The molecule has 7 nitrogen and oxygen atoms in total. The summed E-state index contributed by atoms with van der Waals surface area (Å²) in [6.07, 6.45) is 8.03. The highest BCUT2D eigenvalue weighted by molar-refractivity contribution is 5.94. The zero-order valence-electron chi connectivity index (χ0n) is 12.2. The van der Waals surface area contributed by atoms with Crippen LogP contribution in [0.3, 0.4) is 0 Å². The lowest BCUT2D eigenvalue weighted by Crippen LogP contribution is -2.29. The van der Waals surface area contributed by atoms with Gasteiger partial charge >= 0.3 is 0 Å². The molecule has 0 unspecified atom stereocenters. The Bertz CT molecular complexity index is 628. The van der Waals surface area contributed by atoms with Crippen molar-refractivity contribution in [2.45, 2.75) is 31.6 Å². The summed E-state index contributed by atoms with van der Waals surface area (Å²) in [5.74, 6) is -0.139. The highest BCUT2D eigenvalue weighted by atomic mass is 16.5. The number of nitrogens with two attached hydrogens (primary N) is 1. The molecular formula is C15H19N5O2. The van der Waals surface area contributed by atoms with Crippen LogP contribution in [0.2, 0.25) is 0 Å². The Morgan fingerprint density at radius 1 is 1.41 bits per heavy atom. The zero-order chi connectivity index (χ0) is 15.4. The number of carbonyl (C=O) groups excluding carboxylic acids is 1. The third kappa shape index (κ3) is 3.49. The lowest BCUT2D eigenvalue weighted by Gasteiger charge is -2.11. The molecule has 0 spiro atoms. The summed E-state index contributed by atoms with van der Waals surface area (Å²) in [6.45, 7) is 1.08. The fourth-order valence-corrected chi connectivity index (χ4v) is 2.48. The molecule has 0 aromatic carbocycles. The normalized spacial score (nSPS) is 21.0. The molecule has 116 valence electrons. The van der Waals surface area contributed by atoms with E-state index in [9.17, 15) is 4.79 Å². The molecule has 1 aliphatic rings. The van der Waals surface area contributed by atoms with Crippen LogP contribution in [0.1, 0.15) is 18.4 Å². The standard InChI is InChI=1S/C15H19N5O2/c16-7-13-1-2-14(22-13)15(21)19-12-8-18-20(10-12)9-11-3-5-17-6-4-11/h3-6,8,10,13-14H,1-2,7,9,16H2,(H,19,21)/t13-,14+/m1/s1. The number of carbonyl (C=O) groups is 1. The first kappa shape index (κ1) is 14.7. The quantitative estimate of drug-likeness (QED) is 0.850. The molecule has 2 aromatic rings. The van der Waals surface area contributed by atoms with E-state index in [0.29, 0.717) is 25.2 Å². The van der Waals surface area contributed by atoms with Gasteiger partial charge in [0.2, 0.25) is 0 Å². The average Bonchev–Trinajstić information content (AvgIpc) is 3.17. The van der Waals surface area contributed by atoms with Crippen LogP contribution in [0.15, 0.2) is 36.9 Å². The molecule has 0 aliphatic carbocycles. The minimum Gasteiger partial charge on any atom is -0.364 e. The van der Waals surface area contributed by atoms with E-state index in [2.05, 4.69) is 15.4 Å². The molecule has 1 aliphatic heterocycles. The molecule has 0 saturated carbocycles. The molecule has 2 aromatic heterocycles. The van der Waals surface area contributed by atoms with Crippen molar-refractivity contribution in [3.63, 3.8) is 0 Å². The second kappa shape index (κ2) is 6.67. The number of nitrogens with zero attached hydrogens (tertiary/aromatic N) is 3. The van der Waals surface area contributed by atoms with E-state index < -0.39 is 6.10 Å². The van der Waals surface area contributed by atoms with Crippen LogP contribution in [0, 0.1) is 0 Å². The van der Waals surface area contributed by atoms with Crippen LogP contribution < -0.4 is 11.1 Å². The summed E-state index contributed by atoms with van der Waals surface area (Å²) in [7, 11) is 0. The second-order valence-electron chi connectivity index (χ2n) is 5.33. The Morgan fingerprint density at radius 2 is 2.23 bits per heavy atom. The van der Waals surface area contributed by atoms with Gasteiger partial charge in [0.05, 0.1) is 24.5 Å². The first-order valence-electron chi connectivity index (χ1n) is 7.32. The molecule has 1 fully saturated rings. The predicted octanol–water partition coefficient (Wildman–Crippen LogP) is 0.771. The summed E-state index contributed by atoms with van der Waals surface area (Å²) >= 11 is 0. The summed E-state index contributed by atoms with van der Waals surface area (Å²) in [5, 5.41) is 7.08. The van der Waals surface area contributed by atoms with Crippen LogP contribution in [-0.4, -0.2) is 39.4 Å². The molecule has 1 amide bonds. The van der Waals surface area contributed by atoms with E-state index in [-0.39, 0.29) is 12.0 Å². The van der Waals surface area contributed by atoms with Gasteiger partial charge in [-0.1, -0.05) is 0 Å². The Balaban J connectivity index is 1.56. The maximum Gasteiger partial charge on any atom is 0.253 e. The predicted molar refractivity (Wildman–Crippen MR) is 81.1 cm³/mol. The van der Waals surface area contributed by atoms with Gasteiger partial charge < -0.3 is 15.8 Å². The van der Waals surface area contributed by atoms with Crippen LogP contribution in [0.25, 0.3) is 0 Å². The Labute approximate surface area is 128 Å². The molecule has 1 saturated heterocycles. The van der Waals surface area contributed by atoms with Crippen molar-refractivity contribution in [2.75, 3.05) is 11.9 Å². The summed E-state index contributed by atoms with van der Waals surface area (Å²) < 4.78 is 7.34. The van der Waals surface area contributed by atoms with Crippen molar-refractivity contribution in [2.24, 2.45) is 5.73 Å². The largest absolute Gasteiger partial charge is 0.364 e. The minimum absolute atomic E-state index is 0.00911. The van der Waals surface area contributed by atoms with Crippen LogP contribution in [0.4, 0.5) is 5.69 Å². The maximum absolute atomic E-state index is 12.1. The Hall–Kier alpha value is -2.25. The fraction of sp³-hybridized carbons (Fsp3) is 0.400.